The van der Waals surface area contributed by atoms with E-state index in [2.05, 4.69) is 6.07 Å². The molecule has 0 saturated carbocycles. The maximum Gasteiger partial charge on any atom is 0.304 e. The molecule has 0 bridgehead atoms. The fourth-order valence-electron chi connectivity index (χ4n) is 1.79. The molecule has 0 spiro atoms. The first kappa shape index (κ1) is 10.0. The van der Waals surface area contributed by atoms with Crippen LogP contribution in [-0.4, -0.2) is 35.1 Å². The van der Waals surface area contributed by atoms with E-state index in [0.717, 1.165) is 25.8 Å². The first-order valence-corrected chi connectivity index (χ1v) is 4.57. The van der Waals surface area contributed by atoms with Gasteiger partial charge in [0.05, 0.1) is 19.0 Å². The number of likely N-dealkylation sites (tertiary alicyclic amines) is 1. The first-order valence-electron chi connectivity index (χ1n) is 4.57. The van der Waals surface area contributed by atoms with Crippen LogP contribution in [-0.2, 0) is 4.79 Å². The molecule has 1 heterocycles. The highest BCUT2D eigenvalue weighted by Gasteiger charge is 2.23. The lowest BCUT2D eigenvalue weighted by atomic mass is 9.99. The number of hydrogen-bond donors (Lipinski definition) is 1. The smallest absolute Gasteiger partial charge is 0.304 e. The summed E-state index contributed by atoms with van der Waals surface area (Å²) in [6, 6.07) is 2.15. The highest BCUT2D eigenvalue weighted by Crippen LogP contribution is 2.18. The number of nitrogens with zero attached hydrogens (tertiary/aromatic N) is 2. The van der Waals surface area contributed by atoms with Crippen molar-refractivity contribution < 1.29 is 9.90 Å². The van der Waals surface area contributed by atoms with E-state index in [-0.39, 0.29) is 12.5 Å². The average molecular weight is 182 g/mol. The summed E-state index contributed by atoms with van der Waals surface area (Å²) in [6.07, 6.45) is 3.24. The van der Waals surface area contributed by atoms with Crippen LogP contribution in [0.1, 0.15) is 25.7 Å². The van der Waals surface area contributed by atoms with Gasteiger partial charge in [0.25, 0.3) is 0 Å². The number of hydrogen-bond acceptors (Lipinski definition) is 3. The Morgan fingerprint density at radius 2 is 2.38 bits per heavy atom. The molecule has 1 aliphatic rings. The summed E-state index contributed by atoms with van der Waals surface area (Å²) in [5.41, 5.74) is 0. The molecule has 1 aliphatic heterocycles. The van der Waals surface area contributed by atoms with Crippen molar-refractivity contribution in [2.24, 2.45) is 0 Å². The van der Waals surface area contributed by atoms with E-state index >= 15 is 0 Å². The number of carboxylic acid groups (broad SMARTS) is 1. The molecule has 1 saturated heterocycles. The number of aliphatic carboxylic acids is 1. The maximum absolute atomic E-state index is 10.5. The van der Waals surface area contributed by atoms with Gasteiger partial charge in [0.2, 0.25) is 0 Å². The molecule has 0 aromatic carbocycles. The van der Waals surface area contributed by atoms with Gasteiger partial charge in [-0.25, -0.2) is 0 Å². The van der Waals surface area contributed by atoms with Gasteiger partial charge in [-0.1, -0.05) is 6.42 Å². The van der Waals surface area contributed by atoms with Crippen LogP contribution in [0.2, 0.25) is 0 Å². The highest BCUT2D eigenvalue weighted by atomic mass is 16.4. The van der Waals surface area contributed by atoms with Crippen LogP contribution in [0.15, 0.2) is 0 Å². The molecule has 1 rings (SSSR count). The van der Waals surface area contributed by atoms with E-state index in [4.69, 9.17) is 10.4 Å². The summed E-state index contributed by atoms with van der Waals surface area (Å²) in [5.74, 6) is -0.769. The Bertz CT molecular complexity index is 222. The monoisotopic (exact) mass is 182 g/mol. The van der Waals surface area contributed by atoms with Crippen molar-refractivity contribution in [2.45, 2.75) is 31.7 Å². The summed E-state index contributed by atoms with van der Waals surface area (Å²) in [5, 5.41) is 17.2. The zero-order chi connectivity index (χ0) is 9.68. The van der Waals surface area contributed by atoms with Crippen LogP contribution in [0.25, 0.3) is 0 Å². The van der Waals surface area contributed by atoms with Gasteiger partial charge in [0.1, 0.15) is 0 Å². The quantitative estimate of drug-likeness (QED) is 0.657. The molecule has 0 aromatic rings. The molecule has 4 heteroatoms. The van der Waals surface area contributed by atoms with Crippen molar-refractivity contribution in [3.63, 3.8) is 0 Å². The zero-order valence-corrected chi connectivity index (χ0v) is 7.57. The summed E-state index contributed by atoms with van der Waals surface area (Å²) < 4.78 is 0. The molecule has 1 unspecified atom stereocenters. The third-order valence-electron chi connectivity index (χ3n) is 2.43. The largest absolute Gasteiger partial charge is 0.481 e. The molecule has 0 aliphatic carbocycles. The van der Waals surface area contributed by atoms with Crippen molar-refractivity contribution in [3.8, 4) is 6.07 Å². The van der Waals surface area contributed by atoms with Crippen molar-refractivity contribution in [3.05, 3.63) is 0 Å². The summed E-state index contributed by atoms with van der Waals surface area (Å²) in [6.45, 7) is 1.23. The molecule has 1 fully saturated rings. The third kappa shape index (κ3) is 3.03. The normalized spacial score (nSPS) is 23.8. The first-order chi connectivity index (χ1) is 6.24. The minimum absolute atomic E-state index is 0.0749. The summed E-state index contributed by atoms with van der Waals surface area (Å²) in [4.78, 5) is 12.5. The summed E-state index contributed by atoms with van der Waals surface area (Å²) >= 11 is 0. The number of nitriles is 1. The molecule has 1 N–H and O–H groups in total. The van der Waals surface area contributed by atoms with E-state index in [1.165, 1.54) is 0 Å². The second-order valence-corrected chi connectivity index (χ2v) is 3.38. The maximum atomic E-state index is 10.5. The lowest BCUT2D eigenvalue weighted by molar-refractivity contribution is -0.138. The van der Waals surface area contributed by atoms with Crippen LogP contribution in [0.4, 0.5) is 0 Å². The molecule has 0 amide bonds. The molecule has 0 aromatic heterocycles. The van der Waals surface area contributed by atoms with Crippen molar-refractivity contribution in [1.82, 2.24) is 4.90 Å². The van der Waals surface area contributed by atoms with E-state index in [0.29, 0.717) is 6.54 Å². The third-order valence-corrected chi connectivity index (χ3v) is 2.43. The van der Waals surface area contributed by atoms with Gasteiger partial charge in [-0.2, -0.15) is 5.26 Å². The van der Waals surface area contributed by atoms with Gasteiger partial charge >= 0.3 is 5.97 Å². The molecule has 4 nitrogen and oxygen atoms in total. The molecule has 1 atom stereocenters. The van der Waals surface area contributed by atoms with Gasteiger partial charge in [0, 0.05) is 6.04 Å². The fraction of sp³-hybridized carbons (Fsp3) is 0.778. The second kappa shape index (κ2) is 4.83. The fourth-order valence-corrected chi connectivity index (χ4v) is 1.79. The average Bonchev–Trinajstić information content (AvgIpc) is 2.08. The molecule has 72 valence electrons. The number of carboxylic acids is 1. The van der Waals surface area contributed by atoms with Crippen LogP contribution < -0.4 is 0 Å². The Morgan fingerprint density at radius 1 is 1.62 bits per heavy atom. The van der Waals surface area contributed by atoms with Crippen LogP contribution in [0, 0.1) is 11.3 Å². The van der Waals surface area contributed by atoms with Crippen LogP contribution >= 0.6 is 0 Å². The zero-order valence-electron chi connectivity index (χ0n) is 7.57. The van der Waals surface area contributed by atoms with E-state index in [1.807, 2.05) is 4.90 Å². The Morgan fingerprint density at radius 3 is 3.00 bits per heavy atom. The Kier molecular flexibility index (Phi) is 3.71. The Hall–Kier alpha value is -1.08. The number of piperidine rings is 1. The predicted molar refractivity (Wildman–Crippen MR) is 47.1 cm³/mol. The predicted octanol–water partition coefficient (Wildman–Crippen LogP) is 0.839. The van der Waals surface area contributed by atoms with Gasteiger partial charge in [-0.3, -0.25) is 9.69 Å². The molecular formula is C9H14N2O2. The minimum Gasteiger partial charge on any atom is -0.481 e. The van der Waals surface area contributed by atoms with E-state index in [1.54, 1.807) is 0 Å². The molecule has 13 heavy (non-hydrogen) atoms. The van der Waals surface area contributed by atoms with Gasteiger partial charge in [0.15, 0.2) is 0 Å². The van der Waals surface area contributed by atoms with Gasteiger partial charge < -0.3 is 5.11 Å². The van der Waals surface area contributed by atoms with E-state index in [9.17, 15) is 4.79 Å². The van der Waals surface area contributed by atoms with Crippen LogP contribution in [0.5, 0.6) is 0 Å². The topological polar surface area (TPSA) is 64.3 Å². The van der Waals surface area contributed by atoms with Gasteiger partial charge in [-0.15, -0.1) is 0 Å². The second-order valence-electron chi connectivity index (χ2n) is 3.38. The van der Waals surface area contributed by atoms with E-state index < -0.39 is 5.97 Å². The Balaban J connectivity index is 2.47. The lowest BCUT2D eigenvalue weighted by Crippen LogP contribution is -2.40. The van der Waals surface area contributed by atoms with Crippen LogP contribution in [0.3, 0.4) is 0 Å². The minimum atomic E-state index is -0.769. The lowest BCUT2D eigenvalue weighted by Gasteiger charge is -2.32. The Labute approximate surface area is 77.8 Å². The highest BCUT2D eigenvalue weighted by molar-refractivity contribution is 5.67. The van der Waals surface area contributed by atoms with Crippen molar-refractivity contribution in [2.75, 3.05) is 13.1 Å². The number of rotatable bonds is 3. The number of carbonyl (C=O) groups is 1. The summed E-state index contributed by atoms with van der Waals surface area (Å²) in [7, 11) is 0. The van der Waals surface area contributed by atoms with Crippen molar-refractivity contribution in [1.29, 1.82) is 5.26 Å². The molecule has 0 radical (unpaired) electrons. The van der Waals surface area contributed by atoms with Crippen molar-refractivity contribution >= 4 is 5.97 Å². The SMILES string of the molecule is N#CCN1CCCCC1CC(=O)O. The molecular weight excluding hydrogens is 168 g/mol. The standard InChI is InChI=1S/C9H14N2O2/c10-4-6-11-5-2-1-3-8(11)7-9(12)13/h8H,1-3,5-7H2,(H,12,13). The van der Waals surface area contributed by atoms with Gasteiger partial charge in [-0.05, 0) is 19.4 Å².